The van der Waals surface area contributed by atoms with E-state index in [1.165, 1.54) is 12.1 Å². The number of benzene rings is 3. The molecule has 0 radical (unpaired) electrons. The van der Waals surface area contributed by atoms with E-state index >= 15 is 0 Å². The number of carbonyl (C=O) groups excluding carboxylic acids is 2. The first-order valence-corrected chi connectivity index (χ1v) is 12.7. The van der Waals surface area contributed by atoms with Gasteiger partial charge in [-0.15, -0.1) is 23.2 Å². The predicted molar refractivity (Wildman–Crippen MR) is 141 cm³/mol. The van der Waals surface area contributed by atoms with Crippen LogP contribution in [0.15, 0.2) is 48.5 Å². The van der Waals surface area contributed by atoms with Crippen LogP contribution in [0, 0.1) is 23.4 Å². The minimum absolute atomic E-state index is 0.000649. The molecule has 2 atom stereocenters. The van der Waals surface area contributed by atoms with Gasteiger partial charge < -0.3 is 16.0 Å². The zero-order chi connectivity index (χ0) is 30.3. The summed E-state index contributed by atoms with van der Waals surface area (Å²) in [5.74, 6) is -7.83. The van der Waals surface area contributed by atoms with Crippen LogP contribution in [-0.2, 0) is 11.0 Å². The van der Waals surface area contributed by atoms with E-state index in [0.717, 1.165) is 24.3 Å². The molecular weight excluding hydrogens is 626 g/mol. The third-order valence-electron chi connectivity index (χ3n) is 6.21. The molecule has 15 heteroatoms. The zero-order valence-electron chi connectivity index (χ0n) is 20.3. The van der Waals surface area contributed by atoms with Crippen molar-refractivity contribution in [2.24, 2.45) is 5.92 Å². The van der Waals surface area contributed by atoms with Gasteiger partial charge in [-0.2, -0.15) is 13.2 Å². The predicted octanol–water partition coefficient (Wildman–Crippen LogP) is 7.94. The molecule has 0 bridgehead atoms. The van der Waals surface area contributed by atoms with E-state index in [2.05, 4.69) is 16.0 Å². The van der Waals surface area contributed by atoms with Crippen molar-refractivity contribution >= 4 is 63.7 Å². The molecule has 1 aliphatic rings. The van der Waals surface area contributed by atoms with Crippen LogP contribution in [0.4, 0.5) is 47.8 Å². The summed E-state index contributed by atoms with van der Waals surface area (Å²) in [5.41, 5.74) is -2.99. The number of anilines is 3. The SMILES string of the molecule is O=C(Nc1ccc(F)c(NCCF)c1F)c1cc(NC(=O)[C@H]2[C@H](c3ccc(F)c(C(F)(F)F)c3)C2(Cl)Cl)ccc1Cl. The number of carbonyl (C=O) groups is 2. The van der Waals surface area contributed by atoms with Gasteiger partial charge in [0, 0.05) is 18.2 Å². The summed E-state index contributed by atoms with van der Waals surface area (Å²) in [6.07, 6.45) is -4.99. The maximum Gasteiger partial charge on any atom is 0.419 e. The molecule has 0 spiro atoms. The van der Waals surface area contributed by atoms with Gasteiger partial charge in [0.2, 0.25) is 5.91 Å². The second-order valence-corrected chi connectivity index (χ2v) is 10.8. The van der Waals surface area contributed by atoms with Gasteiger partial charge in [0.1, 0.15) is 28.3 Å². The molecule has 5 nitrogen and oxygen atoms in total. The second kappa shape index (κ2) is 11.6. The first kappa shape index (κ1) is 30.7. The van der Waals surface area contributed by atoms with Crippen LogP contribution in [0.2, 0.25) is 5.02 Å². The monoisotopic (exact) mass is 641 g/mol. The number of amides is 2. The molecule has 2 amide bonds. The number of nitrogens with one attached hydrogen (secondary N) is 3. The van der Waals surface area contributed by atoms with Crippen molar-refractivity contribution in [2.75, 3.05) is 29.2 Å². The molecule has 1 fully saturated rings. The lowest BCUT2D eigenvalue weighted by Crippen LogP contribution is -2.19. The Morgan fingerprint density at radius 1 is 0.927 bits per heavy atom. The van der Waals surface area contributed by atoms with Crippen molar-refractivity contribution in [3.05, 3.63) is 87.7 Å². The Labute approximate surface area is 243 Å². The van der Waals surface area contributed by atoms with Gasteiger partial charge in [-0.25, -0.2) is 17.6 Å². The van der Waals surface area contributed by atoms with E-state index in [4.69, 9.17) is 34.8 Å². The summed E-state index contributed by atoms with van der Waals surface area (Å²) in [6, 6.07) is 7.63. The van der Waals surface area contributed by atoms with Crippen LogP contribution in [0.25, 0.3) is 0 Å². The summed E-state index contributed by atoms with van der Waals surface area (Å²) >= 11 is 18.5. The number of hydrogen-bond acceptors (Lipinski definition) is 3. The van der Waals surface area contributed by atoms with Crippen molar-refractivity contribution in [2.45, 2.75) is 16.4 Å². The van der Waals surface area contributed by atoms with Crippen molar-refractivity contribution < 1.29 is 40.3 Å². The third kappa shape index (κ3) is 6.34. The molecule has 41 heavy (non-hydrogen) atoms. The van der Waals surface area contributed by atoms with Crippen LogP contribution in [-0.4, -0.2) is 29.4 Å². The van der Waals surface area contributed by atoms with Gasteiger partial charge in [-0.05, 0) is 48.0 Å². The van der Waals surface area contributed by atoms with Crippen molar-refractivity contribution in [3.63, 3.8) is 0 Å². The average molecular weight is 643 g/mol. The summed E-state index contributed by atoms with van der Waals surface area (Å²) in [6.45, 7) is -1.28. The Morgan fingerprint density at radius 2 is 1.61 bits per heavy atom. The molecule has 0 saturated heterocycles. The lowest BCUT2D eigenvalue weighted by molar-refractivity contribution is -0.140. The minimum Gasteiger partial charge on any atom is -0.378 e. The standard InChI is InChI=1S/C26H17Cl3F7N3O2/c27-15-3-2-12(10-13(15)23(40)39-18-6-5-17(32)22(21(18)33)37-8-7-30)38-24(41)20-19(25(20,28)29)11-1-4-16(31)14(9-11)26(34,35)36/h1-6,9-10,19-20,37H,7-8H2,(H,38,41)(H,39,40)/t19-,20+/m0/s1. The summed E-state index contributed by atoms with van der Waals surface area (Å²) in [5, 5.41) is 6.77. The first-order chi connectivity index (χ1) is 19.2. The van der Waals surface area contributed by atoms with E-state index in [1.807, 2.05) is 0 Å². The summed E-state index contributed by atoms with van der Waals surface area (Å²) < 4.78 is 92.4. The smallest absolute Gasteiger partial charge is 0.378 e. The molecule has 0 unspecified atom stereocenters. The molecule has 1 saturated carbocycles. The summed E-state index contributed by atoms with van der Waals surface area (Å²) in [7, 11) is 0. The van der Waals surface area contributed by atoms with E-state index in [1.54, 1.807) is 0 Å². The maximum atomic E-state index is 14.7. The normalized spacial score (nSPS) is 17.6. The molecule has 4 rings (SSSR count). The van der Waals surface area contributed by atoms with Gasteiger partial charge >= 0.3 is 6.18 Å². The van der Waals surface area contributed by atoms with Crippen LogP contribution in [0.1, 0.15) is 27.4 Å². The molecule has 0 aromatic heterocycles. The van der Waals surface area contributed by atoms with Crippen molar-refractivity contribution in [1.29, 1.82) is 0 Å². The fourth-order valence-electron chi connectivity index (χ4n) is 4.19. The maximum absolute atomic E-state index is 14.7. The Balaban J connectivity index is 1.52. The highest BCUT2D eigenvalue weighted by atomic mass is 35.5. The van der Waals surface area contributed by atoms with Crippen molar-refractivity contribution in [1.82, 2.24) is 0 Å². The third-order valence-corrected chi connectivity index (χ3v) is 7.48. The minimum atomic E-state index is -4.99. The average Bonchev–Trinajstić information content (AvgIpc) is 3.48. The molecule has 1 aliphatic carbocycles. The van der Waals surface area contributed by atoms with Gasteiger partial charge in [-0.3, -0.25) is 9.59 Å². The Bertz CT molecular complexity index is 1520. The lowest BCUT2D eigenvalue weighted by Gasteiger charge is -2.13. The molecule has 3 aromatic rings. The molecular formula is C26H17Cl3F7N3O2. The fourth-order valence-corrected chi connectivity index (χ4v) is 5.22. The van der Waals surface area contributed by atoms with E-state index in [9.17, 15) is 40.3 Å². The van der Waals surface area contributed by atoms with Gasteiger partial charge in [0.15, 0.2) is 5.82 Å². The molecule has 218 valence electrons. The van der Waals surface area contributed by atoms with Gasteiger partial charge in [-0.1, -0.05) is 17.7 Å². The highest BCUT2D eigenvalue weighted by molar-refractivity contribution is 6.53. The summed E-state index contributed by atoms with van der Waals surface area (Å²) in [4.78, 5) is 25.8. The highest BCUT2D eigenvalue weighted by Crippen LogP contribution is 2.65. The Hall–Kier alpha value is -3.22. The van der Waals surface area contributed by atoms with Crippen LogP contribution in [0.5, 0.6) is 0 Å². The number of halogens is 10. The zero-order valence-corrected chi connectivity index (χ0v) is 22.6. The molecule has 0 heterocycles. The molecule has 3 N–H and O–H groups in total. The van der Waals surface area contributed by atoms with Crippen molar-refractivity contribution in [3.8, 4) is 0 Å². The van der Waals surface area contributed by atoms with E-state index in [0.29, 0.717) is 12.1 Å². The fraction of sp³-hybridized carbons (Fsp3) is 0.231. The number of hydrogen-bond donors (Lipinski definition) is 3. The van der Waals surface area contributed by atoms with Gasteiger partial charge in [0.25, 0.3) is 5.91 Å². The number of alkyl halides is 6. The van der Waals surface area contributed by atoms with E-state index in [-0.39, 0.29) is 28.4 Å². The molecule has 3 aromatic carbocycles. The Kier molecular flexibility index (Phi) is 8.68. The van der Waals surface area contributed by atoms with Crippen LogP contribution < -0.4 is 16.0 Å². The van der Waals surface area contributed by atoms with Crippen LogP contribution in [0.3, 0.4) is 0 Å². The Morgan fingerprint density at radius 3 is 2.27 bits per heavy atom. The lowest BCUT2D eigenvalue weighted by atomic mass is 10.0. The van der Waals surface area contributed by atoms with E-state index < -0.39 is 75.2 Å². The first-order valence-electron chi connectivity index (χ1n) is 11.6. The molecule has 0 aliphatic heterocycles. The largest absolute Gasteiger partial charge is 0.419 e. The van der Waals surface area contributed by atoms with Gasteiger partial charge in [0.05, 0.1) is 27.8 Å². The quantitative estimate of drug-likeness (QED) is 0.173. The van der Waals surface area contributed by atoms with Crippen LogP contribution >= 0.6 is 34.8 Å². The number of rotatable bonds is 8. The topological polar surface area (TPSA) is 70.2 Å². The highest BCUT2D eigenvalue weighted by Gasteiger charge is 2.67. The second-order valence-electron chi connectivity index (χ2n) is 8.90.